The predicted molar refractivity (Wildman–Crippen MR) is 60.4 cm³/mol. The Hall–Kier alpha value is -0.0800. The fraction of sp³-hybridized carbons (Fsp3) is 1.00. The molecule has 0 aromatic rings. The molecule has 0 spiro atoms. The molecule has 0 aliphatic carbocycles. The predicted octanol–water partition coefficient (Wildman–Crippen LogP) is 2.27. The molecule has 1 rings (SSSR count). The van der Waals surface area contributed by atoms with Crippen molar-refractivity contribution in [3.63, 3.8) is 0 Å². The highest BCUT2D eigenvalue weighted by Gasteiger charge is 2.32. The lowest BCUT2D eigenvalue weighted by Gasteiger charge is -2.38. The molecule has 2 heteroatoms. The Morgan fingerprint density at radius 2 is 1.93 bits per heavy atom. The van der Waals surface area contributed by atoms with Gasteiger partial charge in [-0.25, -0.2) is 0 Å². The Balaban J connectivity index is 2.34. The molecule has 1 atom stereocenters. The number of likely N-dealkylation sites (tertiary alicyclic amines) is 1. The lowest BCUT2D eigenvalue weighted by molar-refractivity contribution is -0.0334. The zero-order chi connectivity index (χ0) is 10.6. The van der Waals surface area contributed by atoms with Gasteiger partial charge in [0.05, 0.1) is 5.60 Å². The number of hydrogen-bond acceptors (Lipinski definition) is 2. The van der Waals surface area contributed by atoms with Gasteiger partial charge in [0.25, 0.3) is 0 Å². The second-order valence-corrected chi connectivity index (χ2v) is 5.13. The molecule has 0 amide bonds. The van der Waals surface area contributed by atoms with Crippen LogP contribution in [0, 0.1) is 5.92 Å². The number of piperidine rings is 1. The van der Waals surface area contributed by atoms with Crippen LogP contribution in [0.3, 0.4) is 0 Å². The Morgan fingerprint density at radius 3 is 2.43 bits per heavy atom. The highest BCUT2D eigenvalue weighted by atomic mass is 16.3. The molecule has 1 aliphatic heterocycles. The molecule has 1 saturated heterocycles. The van der Waals surface area contributed by atoms with Crippen molar-refractivity contribution >= 4 is 0 Å². The summed E-state index contributed by atoms with van der Waals surface area (Å²) in [4.78, 5) is 2.30. The zero-order valence-corrected chi connectivity index (χ0v) is 9.92. The van der Waals surface area contributed by atoms with E-state index in [9.17, 15) is 5.11 Å². The summed E-state index contributed by atoms with van der Waals surface area (Å²) >= 11 is 0. The van der Waals surface area contributed by atoms with Gasteiger partial charge in [-0.15, -0.1) is 0 Å². The number of aliphatic hydroxyl groups is 1. The minimum atomic E-state index is -0.360. The summed E-state index contributed by atoms with van der Waals surface area (Å²) < 4.78 is 0. The first-order chi connectivity index (χ1) is 6.56. The van der Waals surface area contributed by atoms with Gasteiger partial charge in [0, 0.05) is 13.1 Å². The van der Waals surface area contributed by atoms with Crippen molar-refractivity contribution in [1.82, 2.24) is 4.90 Å². The highest BCUT2D eigenvalue weighted by Crippen LogP contribution is 2.29. The van der Waals surface area contributed by atoms with Gasteiger partial charge in [-0.3, -0.25) is 0 Å². The Labute approximate surface area is 88.3 Å². The quantitative estimate of drug-likeness (QED) is 0.751. The normalized spacial score (nSPS) is 24.9. The monoisotopic (exact) mass is 199 g/mol. The van der Waals surface area contributed by atoms with Gasteiger partial charge < -0.3 is 10.0 Å². The van der Waals surface area contributed by atoms with Crippen LogP contribution in [0.5, 0.6) is 0 Å². The third-order valence-corrected chi connectivity index (χ3v) is 3.43. The van der Waals surface area contributed by atoms with Crippen molar-refractivity contribution in [1.29, 1.82) is 0 Å². The fourth-order valence-electron chi connectivity index (χ4n) is 2.48. The smallest absolute Gasteiger partial charge is 0.0674 e. The SMILES string of the molecule is CCCC(C)CC1(O)CCN(C)CC1. The Kier molecular flexibility index (Phi) is 4.39. The zero-order valence-electron chi connectivity index (χ0n) is 9.92. The summed E-state index contributed by atoms with van der Waals surface area (Å²) in [6.45, 7) is 6.58. The van der Waals surface area contributed by atoms with E-state index in [0.717, 1.165) is 32.4 Å². The third-order valence-electron chi connectivity index (χ3n) is 3.43. The molecule has 2 nitrogen and oxygen atoms in total. The van der Waals surface area contributed by atoms with Crippen molar-refractivity contribution in [2.75, 3.05) is 20.1 Å². The van der Waals surface area contributed by atoms with E-state index >= 15 is 0 Å². The van der Waals surface area contributed by atoms with Crippen molar-refractivity contribution in [2.45, 2.75) is 51.6 Å². The van der Waals surface area contributed by atoms with Crippen LogP contribution in [0.1, 0.15) is 46.0 Å². The summed E-state index contributed by atoms with van der Waals surface area (Å²) in [7, 11) is 2.13. The van der Waals surface area contributed by atoms with Crippen molar-refractivity contribution < 1.29 is 5.11 Å². The van der Waals surface area contributed by atoms with Crippen LogP contribution < -0.4 is 0 Å². The number of nitrogens with zero attached hydrogens (tertiary/aromatic N) is 1. The summed E-state index contributed by atoms with van der Waals surface area (Å²) in [5.41, 5.74) is -0.360. The van der Waals surface area contributed by atoms with Gasteiger partial charge in [-0.1, -0.05) is 26.7 Å². The van der Waals surface area contributed by atoms with Crippen LogP contribution in [-0.2, 0) is 0 Å². The summed E-state index contributed by atoms with van der Waals surface area (Å²) in [5, 5.41) is 10.4. The minimum Gasteiger partial charge on any atom is -0.390 e. The molecule has 0 aromatic heterocycles. The minimum absolute atomic E-state index is 0.360. The standard InChI is InChI=1S/C12H25NO/c1-4-5-11(2)10-12(14)6-8-13(3)9-7-12/h11,14H,4-10H2,1-3H3. The Bertz CT molecular complexity index is 162. The van der Waals surface area contributed by atoms with E-state index in [2.05, 4.69) is 25.8 Å². The van der Waals surface area contributed by atoms with Crippen LogP contribution in [0.4, 0.5) is 0 Å². The highest BCUT2D eigenvalue weighted by molar-refractivity contribution is 4.86. The molecule has 1 N–H and O–H groups in total. The average Bonchev–Trinajstić information content (AvgIpc) is 2.11. The lowest BCUT2D eigenvalue weighted by Crippen LogP contribution is -2.43. The average molecular weight is 199 g/mol. The van der Waals surface area contributed by atoms with Gasteiger partial charge in [-0.05, 0) is 32.2 Å². The van der Waals surface area contributed by atoms with Gasteiger partial charge in [-0.2, -0.15) is 0 Å². The van der Waals surface area contributed by atoms with Crippen LogP contribution in [0.25, 0.3) is 0 Å². The summed E-state index contributed by atoms with van der Waals surface area (Å²) in [5.74, 6) is 0.674. The molecule has 0 radical (unpaired) electrons. The van der Waals surface area contributed by atoms with E-state index < -0.39 is 0 Å². The number of hydrogen-bond donors (Lipinski definition) is 1. The molecule has 1 fully saturated rings. The van der Waals surface area contributed by atoms with Crippen LogP contribution in [0.2, 0.25) is 0 Å². The van der Waals surface area contributed by atoms with E-state index in [1.807, 2.05) is 0 Å². The topological polar surface area (TPSA) is 23.5 Å². The van der Waals surface area contributed by atoms with Gasteiger partial charge in [0.15, 0.2) is 0 Å². The van der Waals surface area contributed by atoms with Crippen LogP contribution in [-0.4, -0.2) is 35.7 Å². The van der Waals surface area contributed by atoms with E-state index in [4.69, 9.17) is 0 Å². The molecule has 84 valence electrons. The van der Waals surface area contributed by atoms with Crippen molar-refractivity contribution in [3.05, 3.63) is 0 Å². The first kappa shape index (κ1) is 12.0. The molecule has 1 unspecified atom stereocenters. The van der Waals surface area contributed by atoms with Crippen molar-refractivity contribution in [3.8, 4) is 0 Å². The maximum atomic E-state index is 10.4. The molecular weight excluding hydrogens is 174 g/mol. The number of rotatable bonds is 4. The molecule has 0 aromatic carbocycles. The largest absolute Gasteiger partial charge is 0.390 e. The molecule has 1 heterocycles. The lowest BCUT2D eigenvalue weighted by atomic mass is 9.82. The summed E-state index contributed by atoms with van der Waals surface area (Å²) in [6.07, 6.45) is 5.39. The first-order valence-electron chi connectivity index (χ1n) is 5.96. The maximum Gasteiger partial charge on any atom is 0.0674 e. The van der Waals surface area contributed by atoms with E-state index in [-0.39, 0.29) is 5.60 Å². The summed E-state index contributed by atoms with van der Waals surface area (Å²) in [6, 6.07) is 0. The first-order valence-corrected chi connectivity index (χ1v) is 5.96. The van der Waals surface area contributed by atoms with E-state index in [0.29, 0.717) is 5.92 Å². The van der Waals surface area contributed by atoms with Gasteiger partial charge in [0.1, 0.15) is 0 Å². The van der Waals surface area contributed by atoms with Crippen LogP contribution >= 0.6 is 0 Å². The maximum absolute atomic E-state index is 10.4. The molecule has 1 aliphatic rings. The second kappa shape index (κ2) is 5.13. The van der Waals surface area contributed by atoms with Crippen molar-refractivity contribution in [2.24, 2.45) is 5.92 Å². The molecule has 14 heavy (non-hydrogen) atoms. The molecule has 0 bridgehead atoms. The molecular formula is C12H25NO. The fourth-order valence-corrected chi connectivity index (χ4v) is 2.48. The second-order valence-electron chi connectivity index (χ2n) is 5.13. The Morgan fingerprint density at radius 1 is 1.36 bits per heavy atom. The van der Waals surface area contributed by atoms with Gasteiger partial charge in [0.2, 0.25) is 0 Å². The molecule has 0 saturated carbocycles. The van der Waals surface area contributed by atoms with Crippen LogP contribution in [0.15, 0.2) is 0 Å². The third kappa shape index (κ3) is 3.58. The van der Waals surface area contributed by atoms with Gasteiger partial charge >= 0.3 is 0 Å². The van der Waals surface area contributed by atoms with E-state index in [1.165, 1.54) is 12.8 Å². The van der Waals surface area contributed by atoms with E-state index in [1.54, 1.807) is 0 Å².